The summed E-state index contributed by atoms with van der Waals surface area (Å²) >= 11 is 0. The van der Waals surface area contributed by atoms with Crippen molar-refractivity contribution in [3.63, 3.8) is 0 Å². The molecular formula is C36H42N6O5. The van der Waals surface area contributed by atoms with Gasteiger partial charge >= 0.3 is 6.09 Å². The van der Waals surface area contributed by atoms with Crippen LogP contribution in [0.4, 0.5) is 16.2 Å². The summed E-state index contributed by atoms with van der Waals surface area (Å²) in [6.07, 6.45) is 3.95. The number of nitrogens with one attached hydrogen (secondary N) is 2. The normalized spacial score (nSPS) is 16.3. The number of benzene rings is 3. The average Bonchev–Trinajstić information content (AvgIpc) is 3.48. The second-order valence-corrected chi connectivity index (χ2v) is 13.3. The summed E-state index contributed by atoms with van der Waals surface area (Å²) < 4.78 is 7.16. The Morgan fingerprint density at radius 1 is 0.830 bits per heavy atom. The van der Waals surface area contributed by atoms with Crippen molar-refractivity contribution in [1.29, 1.82) is 0 Å². The van der Waals surface area contributed by atoms with Gasteiger partial charge in [-0.05, 0) is 113 Å². The molecule has 0 unspecified atom stereocenters. The maximum atomic E-state index is 13.2. The van der Waals surface area contributed by atoms with Gasteiger partial charge in [0.2, 0.25) is 0 Å². The van der Waals surface area contributed by atoms with Crippen LogP contribution in [0, 0.1) is 0 Å². The molecule has 2 aliphatic heterocycles. The Morgan fingerprint density at radius 2 is 1.47 bits per heavy atom. The van der Waals surface area contributed by atoms with Crippen molar-refractivity contribution in [3.05, 3.63) is 84.1 Å². The lowest BCUT2D eigenvalue weighted by molar-refractivity contribution is 0.0473. The monoisotopic (exact) mass is 638 g/mol. The minimum atomic E-state index is -0.551. The zero-order valence-electron chi connectivity index (χ0n) is 27.1. The van der Waals surface area contributed by atoms with Crippen molar-refractivity contribution < 1.29 is 24.2 Å². The molecule has 3 amide bonds. The van der Waals surface area contributed by atoms with E-state index in [1.54, 1.807) is 10.9 Å². The summed E-state index contributed by atoms with van der Waals surface area (Å²) in [5.41, 5.74) is 4.02. The molecule has 11 nitrogen and oxygen atoms in total. The first kappa shape index (κ1) is 32.1. The average molecular weight is 639 g/mol. The highest BCUT2D eigenvalue weighted by Gasteiger charge is 2.26. The van der Waals surface area contributed by atoms with E-state index in [0.717, 1.165) is 48.2 Å². The number of ether oxygens (including phenoxy) is 1. The number of nitrogens with zero attached hydrogens (tertiary/aromatic N) is 4. The van der Waals surface area contributed by atoms with Crippen molar-refractivity contribution in [3.8, 4) is 5.69 Å². The van der Waals surface area contributed by atoms with Crippen molar-refractivity contribution in [1.82, 2.24) is 20.0 Å². The number of likely N-dealkylation sites (tertiary alicyclic amines) is 1. The van der Waals surface area contributed by atoms with Crippen LogP contribution in [-0.2, 0) is 4.74 Å². The van der Waals surface area contributed by atoms with Crippen LogP contribution < -0.4 is 15.5 Å². The number of aliphatic hydroxyl groups is 1. The Balaban J connectivity index is 1.04. The molecule has 0 atom stereocenters. The number of piperidine rings is 2. The van der Waals surface area contributed by atoms with Gasteiger partial charge in [-0.25, -0.2) is 9.48 Å². The number of alkyl carbamates (subject to hydrolysis) is 1. The lowest BCUT2D eigenvalue weighted by atomic mass is 10.0. The molecule has 6 rings (SSSR count). The molecule has 3 heterocycles. The fourth-order valence-corrected chi connectivity index (χ4v) is 6.10. The number of rotatable bonds is 6. The highest BCUT2D eigenvalue weighted by molar-refractivity contribution is 6.05. The van der Waals surface area contributed by atoms with Crippen LogP contribution in [-0.4, -0.2) is 81.6 Å². The zero-order chi connectivity index (χ0) is 33.1. The number of amides is 3. The van der Waals surface area contributed by atoms with Gasteiger partial charge in [-0.15, -0.1) is 0 Å². The molecule has 0 aliphatic carbocycles. The van der Waals surface area contributed by atoms with Crippen molar-refractivity contribution in [2.45, 2.75) is 64.2 Å². The standard InChI is InChI=1S/C36H42N6O5/c1-36(2,3)47-35(46)39-27-14-18-41(19-15-27)34(45)25-6-11-30(12-7-25)42-32-13-8-28(22-26(32)23-37-42)38-33(44)24-4-9-29(10-5-24)40-20-16-31(43)17-21-40/h4-13,22-23,27,31,43H,14-21H2,1-3H3,(H,38,44)(H,39,46). The van der Waals surface area contributed by atoms with E-state index in [-0.39, 0.29) is 24.0 Å². The molecule has 0 radical (unpaired) electrons. The molecule has 2 aliphatic rings. The number of fused-ring (bicyclic) bond motifs is 1. The molecule has 0 spiro atoms. The van der Waals surface area contributed by atoms with Crippen LogP contribution in [0.2, 0.25) is 0 Å². The molecule has 4 aromatic rings. The molecule has 0 bridgehead atoms. The quantitative estimate of drug-likeness (QED) is 0.259. The van der Waals surface area contributed by atoms with E-state index in [9.17, 15) is 19.5 Å². The highest BCUT2D eigenvalue weighted by atomic mass is 16.6. The minimum Gasteiger partial charge on any atom is -0.444 e. The maximum Gasteiger partial charge on any atom is 0.407 e. The van der Waals surface area contributed by atoms with Crippen LogP contribution in [0.1, 0.15) is 67.2 Å². The Kier molecular flexibility index (Phi) is 9.17. The Labute approximate surface area is 274 Å². The largest absolute Gasteiger partial charge is 0.444 e. The molecule has 1 aromatic heterocycles. The summed E-state index contributed by atoms with van der Waals surface area (Å²) in [6.45, 7) is 8.21. The zero-order valence-corrected chi connectivity index (χ0v) is 27.1. The van der Waals surface area contributed by atoms with Crippen molar-refractivity contribution in [2.24, 2.45) is 0 Å². The van der Waals surface area contributed by atoms with Crippen molar-refractivity contribution in [2.75, 3.05) is 36.4 Å². The van der Waals surface area contributed by atoms with Gasteiger partial charge in [0.1, 0.15) is 5.60 Å². The summed E-state index contributed by atoms with van der Waals surface area (Å²) in [5, 5.41) is 21.1. The van der Waals surface area contributed by atoms with E-state index >= 15 is 0 Å². The lowest BCUT2D eigenvalue weighted by Gasteiger charge is -2.33. The minimum absolute atomic E-state index is 0.0219. The summed E-state index contributed by atoms with van der Waals surface area (Å²) in [4.78, 5) is 42.3. The molecule has 47 heavy (non-hydrogen) atoms. The number of hydrogen-bond donors (Lipinski definition) is 3. The van der Waals surface area contributed by atoms with Crippen LogP contribution >= 0.6 is 0 Å². The van der Waals surface area contributed by atoms with Crippen LogP contribution in [0.5, 0.6) is 0 Å². The van der Waals surface area contributed by atoms with Gasteiger partial charge in [-0.2, -0.15) is 5.10 Å². The summed E-state index contributed by atoms with van der Waals surface area (Å²) in [6, 6.07) is 20.6. The maximum absolute atomic E-state index is 13.2. The molecule has 3 N–H and O–H groups in total. The van der Waals surface area contributed by atoms with E-state index < -0.39 is 11.7 Å². The predicted octanol–water partition coefficient (Wildman–Crippen LogP) is 5.37. The van der Waals surface area contributed by atoms with E-state index in [4.69, 9.17) is 4.74 Å². The molecule has 2 saturated heterocycles. The van der Waals surface area contributed by atoms with Crippen LogP contribution in [0.25, 0.3) is 16.6 Å². The highest BCUT2D eigenvalue weighted by Crippen LogP contribution is 2.25. The Morgan fingerprint density at radius 3 is 2.13 bits per heavy atom. The molecule has 3 aromatic carbocycles. The first-order valence-electron chi connectivity index (χ1n) is 16.2. The Hall–Kier alpha value is -4.90. The van der Waals surface area contributed by atoms with Gasteiger partial charge in [-0.1, -0.05) is 0 Å². The first-order valence-corrected chi connectivity index (χ1v) is 16.2. The van der Waals surface area contributed by atoms with E-state index in [1.165, 1.54) is 0 Å². The number of aliphatic hydroxyl groups excluding tert-OH is 1. The molecule has 0 saturated carbocycles. The van der Waals surface area contributed by atoms with E-state index in [1.807, 2.05) is 92.4 Å². The molecule has 246 valence electrons. The van der Waals surface area contributed by atoms with Crippen LogP contribution in [0.15, 0.2) is 72.9 Å². The van der Waals surface area contributed by atoms with Gasteiger partial charge in [-0.3, -0.25) is 9.59 Å². The van der Waals surface area contributed by atoms with Crippen molar-refractivity contribution >= 4 is 40.2 Å². The number of aromatic nitrogens is 2. The Bertz CT molecular complexity index is 1730. The van der Waals surface area contributed by atoms with Crippen LogP contribution in [0.3, 0.4) is 0 Å². The van der Waals surface area contributed by atoms with Gasteiger partial charge in [0.25, 0.3) is 11.8 Å². The first-order chi connectivity index (χ1) is 22.5. The number of hydrogen-bond acceptors (Lipinski definition) is 7. The second-order valence-electron chi connectivity index (χ2n) is 13.3. The molecule has 11 heteroatoms. The SMILES string of the molecule is CC(C)(C)OC(=O)NC1CCN(C(=O)c2ccc(-n3ncc4cc(NC(=O)c5ccc(N6CCC(O)CC6)cc5)ccc43)cc2)CC1. The smallest absolute Gasteiger partial charge is 0.407 e. The van der Waals surface area contributed by atoms with Gasteiger partial charge < -0.3 is 30.3 Å². The van der Waals surface area contributed by atoms with Gasteiger partial charge in [0.05, 0.1) is 23.5 Å². The second kappa shape index (κ2) is 13.4. The summed E-state index contributed by atoms with van der Waals surface area (Å²) in [5.74, 6) is -0.236. The topological polar surface area (TPSA) is 129 Å². The number of carbonyl (C=O) groups is 3. The fraction of sp³-hybridized carbons (Fsp3) is 0.389. The van der Waals surface area contributed by atoms with E-state index in [0.29, 0.717) is 42.7 Å². The third kappa shape index (κ3) is 7.74. The molecule has 2 fully saturated rings. The third-order valence-electron chi connectivity index (χ3n) is 8.65. The fourth-order valence-electron chi connectivity index (χ4n) is 6.10. The number of carbonyl (C=O) groups excluding carboxylic acids is 3. The predicted molar refractivity (Wildman–Crippen MR) is 181 cm³/mol. The van der Waals surface area contributed by atoms with Gasteiger partial charge in [0.15, 0.2) is 0 Å². The van der Waals surface area contributed by atoms with E-state index in [2.05, 4.69) is 20.6 Å². The lowest BCUT2D eigenvalue weighted by Crippen LogP contribution is -2.47. The van der Waals surface area contributed by atoms with Gasteiger partial charge in [0, 0.05) is 60.1 Å². The number of anilines is 2. The molecular weight excluding hydrogens is 596 g/mol. The summed E-state index contributed by atoms with van der Waals surface area (Å²) in [7, 11) is 0. The third-order valence-corrected chi connectivity index (χ3v) is 8.65.